The maximum absolute atomic E-state index is 12.8. The standard InChI is InChI=1S/C20H16BrNO4/c1-3-10-22-17-9-6-14(21)11-16(17)20(25,19(22)24)12-18(23)13-4-7-15(26-2)8-5-13/h1,4-9,11,25H,10,12H2,2H3/t20-/m1/s1. The van der Waals surface area contributed by atoms with Gasteiger partial charge in [-0.2, -0.15) is 0 Å². The van der Waals surface area contributed by atoms with Gasteiger partial charge in [0.05, 0.1) is 25.8 Å². The molecular formula is C20H16BrNO4. The average molecular weight is 414 g/mol. The van der Waals surface area contributed by atoms with Crippen LogP contribution in [0.4, 0.5) is 5.69 Å². The fourth-order valence-corrected chi connectivity index (χ4v) is 3.41. The van der Waals surface area contributed by atoms with Gasteiger partial charge in [-0.25, -0.2) is 0 Å². The summed E-state index contributed by atoms with van der Waals surface area (Å²) in [6.07, 6.45) is 4.98. The number of benzene rings is 2. The maximum atomic E-state index is 12.8. The van der Waals surface area contributed by atoms with E-state index in [9.17, 15) is 14.7 Å². The number of carbonyl (C=O) groups is 2. The van der Waals surface area contributed by atoms with Gasteiger partial charge in [-0.15, -0.1) is 6.42 Å². The lowest BCUT2D eigenvalue weighted by Crippen LogP contribution is -2.42. The van der Waals surface area contributed by atoms with Crippen LogP contribution in [0.5, 0.6) is 5.75 Å². The number of hydrogen-bond acceptors (Lipinski definition) is 4. The second-order valence-corrected chi connectivity index (χ2v) is 6.86. The number of ketones is 1. The van der Waals surface area contributed by atoms with E-state index in [0.717, 1.165) is 0 Å². The van der Waals surface area contributed by atoms with Crippen molar-refractivity contribution in [1.29, 1.82) is 0 Å². The smallest absolute Gasteiger partial charge is 0.265 e. The van der Waals surface area contributed by atoms with Crippen LogP contribution in [0.15, 0.2) is 46.9 Å². The van der Waals surface area contributed by atoms with E-state index in [2.05, 4.69) is 21.9 Å². The highest BCUT2D eigenvalue weighted by Gasteiger charge is 2.50. The molecular weight excluding hydrogens is 398 g/mol. The number of terminal acetylenes is 1. The van der Waals surface area contributed by atoms with Crippen LogP contribution >= 0.6 is 15.9 Å². The average Bonchev–Trinajstić information content (AvgIpc) is 2.84. The Balaban J connectivity index is 1.97. The zero-order chi connectivity index (χ0) is 18.9. The van der Waals surface area contributed by atoms with E-state index >= 15 is 0 Å². The van der Waals surface area contributed by atoms with E-state index in [1.54, 1.807) is 42.5 Å². The quantitative estimate of drug-likeness (QED) is 0.604. The largest absolute Gasteiger partial charge is 0.497 e. The van der Waals surface area contributed by atoms with Crippen LogP contribution in [0.2, 0.25) is 0 Å². The predicted molar refractivity (Wildman–Crippen MR) is 101 cm³/mol. The number of Topliss-reactive ketones (excluding diaryl/α,β-unsaturated/α-hetero) is 1. The summed E-state index contributed by atoms with van der Waals surface area (Å²) in [5, 5.41) is 11.1. The minimum atomic E-state index is -1.95. The number of methoxy groups -OCH3 is 1. The first-order valence-corrected chi connectivity index (χ1v) is 8.65. The number of amides is 1. The second-order valence-electron chi connectivity index (χ2n) is 5.95. The lowest BCUT2D eigenvalue weighted by Gasteiger charge is -2.22. The molecule has 5 nitrogen and oxygen atoms in total. The van der Waals surface area contributed by atoms with Crippen molar-refractivity contribution in [3.05, 3.63) is 58.1 Å². The molecule has 2 aromatic carbocycles. The molecule has 0 aliphatic carbocycles. The molecule has 1 amide bonds. The van der Waals surface area contributed by atoms with Crippen molar-refractivity contribution in [3.63, 3.8) is 0 Å². The summed E-state index contributed by atoms with van der Waals surface area (Å²) in [6.45, 7) is 0.0203. The van der Waals surface area contributed by atoms with Crippen molar-refractivity contribution in [2.75, 3.05) is 18.6 Å². The van der Waals surface area contributed by atoms with Crippen molar-refractivity contribution in [2.45, 2.75) is 12.0 Å². The van der Waals surface area contributed by atoms with Gasteiger partial charge >= 0.3 is 0 Å². The molecule has 26 heavy (non-hydrogen) atoms. The Bertz CT molecular complexity index is 916. The third-order valence-electron chi connectivity index (χ3n) is 4.37. The van der Waals surface area contributed by atoms with Crippen molar-refractivity contribution in [1.82, 2.24) is 0 Å². The summed E-state index contributed by atoms with van der Waals surface area (Å²) in [7, 11) is 1.53. The molecule has 0 fully saturated rings. The topological polar surface area (TPSA) is 66.8 Å². The van der Waals surface area contributed by atoms with Crippen molar-refractivity contribution >= 4 is 33.3 Å². The summed E-state index contributed by atoms with van der Waals surface area (Å²) >= 11 is 3.34. The van der Waals surface area contributed by atoms with Crippen molar-refractivity contribution < 1.29 is 19.4 Å². The van der Waals surface area contributed by atoms with E-state index in [0.29, 0.717) is 27.0 Å². The summed E-state index contributed by atoms with van der Waals surface area (Å²) in [5.74, 6) is 2.09. The van der Waals surface area contributed by atoms with Crippen LogP contribution in [0.3, 0.4) is 0 Å². The van der Waals surface area contributed by atoms with Crippen molar-refractivity contribution in [2.24, 2.45) is 0 Å². The van der Waals surface area contributed by atoms with Gasteiger partial charge in [-0.05, 0) is 42.5 Å². The molecule has 1 atom stereocenters. The molecule has 0 aromatic heterocycles. The molecule has 0 radical (unpaired) electrons. The SMILES string of the molecule is C#CCN1C(=O)[C@@](O)(CC(=O)c2ccc(OC)cc2)c2cc(Br)ccc21. The van der Waals surface area contributed by atoms with Crippen LogP contribution in [0, 0.1) is 12.3 Å². The Morgan fingerprint density at radius 1 is 1.31 bits per heavy atom. The van der Waals surface area contributed by atoms with Gasteiger partial charge < -0.3 is 9.84 Å². The van der Waals surface area contributed by atoms with Gasteiger partial charge in [0, 0.05) is 15.6 Å². The fourth-order valence-electron chi connectivity index (χ4n) is 3.05. The lowest BCUT2D eigenvalue weighted by molar-refractivity contribution is -0.135. The highest BCUT2D eigenvalue weighted by molar-refractivity contribution is 9.10. The number of aliphatic hydroxyl groups is 1. The van der Waals surface area contributed by atoms with Gasteiger partial charge in [0.2, 0.25) is 0 Å². The number of fused-ring (bicyclic) bond motifs is 1. The van der Waals surface area contributed by atoms with Crippen LogP contribution in [-0.2, 0) is 10.4 Å². The maximum Gasteiger partial charge on any atom is 0.265 e. The number of ether oxygens (including phenoxy) is 1. The zero-order valence-corrected chi connectivity index (χ0v) is 15.6. The molecule has 0 saturated carbocycles. The Hall–Kier alpha value is -2.62. The van der Waals surface area contributed by atoms with Crippen LogP contribution in [-0.4, -0.2) is 30.5 Å². The van der Waals surface area contributed by atoms with Crippen LogP contribution in [0.25, 0.3) is 0 Å². The number of hydrogen-bond donors (Lipinski definition) is 1. The molecule has 1 heterocycles. The van der Waals surface area contributed by atoms with Gasteiger partial charge in [0.1, 0.15) is 5.75 Å². The van der Waals surface area contributed by atoms with E-state index in [4.69, 9.17) is 11.2 Å². The molecule has 1 aliphatic rings. The Morgan fingerprint density at radius 2 is 2.00 bits per heavy atom. The highest BCUT2D eigenvalue weighted by atomic mass is 79.9. The molecule has 2 aromatic rings. The van der Waals surface area contributed by atoms with E-state index in [1.807, 2.05) is 0 Å². The first-order valence-electron chi connectivity index (χ1n) is 7.86. The van der Waals surface area contributed by atoms with Gasteiger partial charge in [-0.3, -0.25) is 14.5 Å². The Labute approximate surface area is 159 Å². The lowest BCUT2D eigenvalue weighted by atomic mass is 9.88. The number of nitrogens with zero attached hydrogens (tertiary/aromatic N) is 1. The third-order valence-corrected chi connectivity index (χ3v) is 4.86. The normalized spacial score (nSPS) is 18.4. The molecule has 132 valence electrons. The van der Waals surface area contributed by atoms with E-state index in [-0.39, 0.29) is 18.7 Å². The Morgan fingerprint density at radius 3 is 2.62 bits per heavy atom. The highest BCUT2D eigenvalue weighted by Crippen LogP contribution is 2.44. The van der Waals surface area contributed by atoms with Crippen LogP contribution < -0.4 is 9.64 Å². The van der Waals surface area contributed by atoms with Gasteiger partial charge in [0.15, 0.2) is 11.4 Å². The number of anilines is 1. The molecule has 3 rings (SSSR count). The first kappa shape index (κ1) is 18.2. The van der Waals surface area contributed by atoms with Gasteiger partial charge in [-0.1, -0.05) is 21.9 Å². The third kappa shape index (κ3) is 3.00. The molecule has 1 N–H and O–H groups in total. The predicted octanol–water partition coefficient (Wildman–Crippen LogP) is 2.90. The number of carbonyl (C=O) groups excluding carboxylic acids is 2. The summed E-state index contributed by atoms with van der Waals surface area (Å²) < 4.78 is 5.77. The Kier molecular flexibility index (Phi) is 4.86. The van der Waals surface area contributed by atoms with Crippen molar-refractivity contribution in [3.8, 4) is 18.1 Å². The molecule has 0 spiro atoms. The van der Waals surface area contributed by atoms with E-state index < -0.39 is 11.5 Å². The fraction of sp³-hybridized carbons (Fsp3) is 0.200. The molecule has 6 heteroatoms. The minimum Gasteiger partial charge on any atom is -0.497 e. The number of rotatable bonds is 5. The first-order chi connectivity index (χ1) is 12.4. The minimum absolute atomic E-state index is 0.0203. The molecule has 0 unspecified atom stereocenters. The second kappa shape index (κ2) is 6.94. The summed E-state index contributed by atoms with van der Waals surface area (Å²) in [5.41, 5.74) is -0.679. The molecule has 0 bridgehead atoms. The number of halogens is 1. The summed E-state index contributed by atoms with van der Waals surface area (Å²) in [6, 6.07) is 11.6. The zero-order valence-electron chi connectivity index (χ0n) is 14.0. The van der Waals surface area contributed by atoms with Gasteiger partial charge in [0.25, 0.3) is 5.91 Å². The monoisotopic (exact) mass is 413 g/mol. The van der Waals surface area contributed by atoms with E-state index in [1.165, 1.54) is 12.0 Å². The molecule has 0 saturated heterocycles. The molecule has 1 aliphatic heterocycles. The van der Waals surface area contributed by atoms with Crippen LogP contribution in [0.1, 0.15) is 22.3 Å². The summed E-state index contributed by atoms with van der Waals surface area (Å²) in [4.78, 5) is 26.9.